The summed E-state index contributed by atoms with van der Waals surface area (Å²) in [7, 11) is 3.21. The molecule has 148 valence electrons. The number of nitrogens with zero attached hydrogens (tertiary/aromatic N) is 1. The smallest absolute Gasteiger partial charge is 0.335 e. The lowest BCUT2D eigenvalue weighted by atomic mass is 10.1. The lowest BCUT2D eigenvalue weighted by Gasteiger charge is -2.24. The third-order valence-corrected chi connectivity index (χ3v) is 4.72. The summed E-state index contributed by atoms with van der Waals surface area (Å²) in [6.45, 7) is 0.756. The van der Waals surface area contributed by atoms with E-state index in [1.54, 1.807) is 26.4 Å². The van der Waals surface area contributed by atoms with Gasteiger partial charge in [0, 0.05) is 18.2 Å². The lowest BCUT2D eigenvalue weighted by Crippen LogP contribution is -2.40. The van der Waals surface area contributed by atoms with E-state index in [-0.39, 0.29) is 17.6 Å². The van der Waals surface area contributed by atoms with Crippen LogP contribution in [0.4, 0.5) is 4.79 Å². The number of hydrogen-bond acceptors (Lipinski definition) is 4. The number of ether oxygens (including phenoxy) is 2. The van der Waals surface area contributed by atoms with Gasteiger partial charge in [0.1, 0.15) is 11.5 Å². The molecule has 0 atom stereocenters. The molecule has 2 N–H and O–H groups in total. The maximum Gasteiger partial charge on any atom is 0.335 e. The van der Waals surface area contributed by atoms with Crippen molar-refractivity contribution >= 4 is 12.0 Å². The Hall–Kier alpha value is -3.22. The van der Waals surface area contributed by atoms with Gasteiger partial charge in [-0.15, -0.1) is 0 Å². The largest absolute Gasteiger partial charge is 0.497 e. The highest BCUT2D eigenvalue weighted by molar-refractivity contribution is 5.87. The molecule has 0 bridgehead atoms. The number of rotatable bonds is 8. The minimum absolute atomic E-state index is 0.158. The van der Waals surface area contributed by atoms with E-state index in [0.717, 1.165) is 24.0 Å². The van der Waals surface area contributed by atoms with E-state index in [1.807, 2.05) is 23.1 Å². The average molecular weight is 384 g/mol. The Morgan fingerprint density at radius 3 is 2.39 bits per heavy atom. The van der Waals surface area contributed by atoms with Crippen molar-refractivity contribution in [2.45, 2.75) is 32.0 Å². The molecule has 1 fully saturated rings. The summed E-state index contributed by atoms with van der Waals surface area (Å²) in [5, 5.41) is 11.9. The van der Waals surface area contributed by atoms with Crippen LogP contribution in [0.25, 0.3) is 0 Å². The Morgan fingerprint density at radius 1 is 1.11 bits per heavy atom. The van der Waals surface area contributed by atoms with Gasteiger partial charge in [0.2, 0.25) is 0 Å². The van der Waals surface area contributed by atoms with Gasteiger partial charge in [-0.2, -0.15) is 0 Å². The summed E-state index contributed by atoms with van der Waals surface area (Å²) < 4.78 is 10.7. The quantitative estimate of drug-likeness (QED) is 0.729. The standard InChI is InChI=1S/C21H24N2O5/c1-27-18-9-10-19(28-2)16(11-18)13-23(17-7-8-17)21(26)22-12-14-3-5-15(6-4-14)20(24)25/h3-6,9-11,17H,7-8,12-13H2,1-2H3,(H,22,26)(H,24,25). The van der Waals surface area contributed by atoms with E-state index in [2.05, 4.69) is 5.32 Å². The molecule has 7 heteroatoms. The molecule has 0 radical (unpaired) electrons. The molecule has 0 aromatic heterocycles. The highest BCUT2D eigenvalue weighted by Gasteiger charge is 2.33. The molecule has 0 unspecified atom stereocenters. The summed E-state index contributed by atoms with van der Waals surface area (Å²) >= 11 is 0. The molecule has 0 saturated heterocycles. The van der Waals surface area contributed by atoms with Crippen LogP contribution in [-0.2, 0) is 13.1 Å². The van der Waals surface area contributed by atoms with E-state index in [0.29, 0.717) is 24.6 Å². The van der Waals surface area contributed by atoms with E-state index in [9.17, 15) is 9.59 Å². The van der Waals surface area contributed by atoms with Crippen molar-refractivity contribution in [2.24, 2.45) is 0 Å². The van der Waals surface area contributed by atoms with Gasteiger partial charge >= 0.3 is 12.0 Å². The first-order valence-corrected chi connectivity index (χ1v) is 9.09. The normalized spacial score (nSPS) is 12.9. The van der Waals surface area contributed by atoms with Crippen molar-refractivity contribution < 1.29 is 24.2 Å². The Kier molecular flexibility index (Phi) is 6.03. The number of hydrogen-bond donors (Lipinski definition) is 2. The number of aromatic carboxylic acids is 1. The first-order chi connectivity index (χ1) is 13.5. The van der Waals surface area contributed by atoms with Crippen LogP contribution in [0.3, 0.4) is 0 Å². The number of carboxylic acid groups (broad SMARTS) is 1. The monoisotopic (exact) mass is 384 g/mol. The molecule has 2 aromatic rings. The molecule has 2 amide bonds. The van der Waals surface area contributed by atoms with E-state index >= 15 is 0 Å². The molecule has 7 nitrogen and oxygen atoms in total. The molecular weight excluding hydrogens is 360 g/mol. The molecule has 3 rings (SSSR count). The Bertz CT molecular complexity index is 846. The van der Waals surface area contributed by atoms with Crippen LogP contribution in [0.2, 0.25) is 0 Å². The van der Waals surface area contributed by atoms with Crippen molar-refractivity contribution in [3.05, 3.63) is 59.2 Å². The van der Waals surface area contributed by atoms with Gasteiger partial charge in [0.15, 0.2) is 0 Å². The average Bonchev–Trinajstić information content (AvgIpc) is 3.55. The topological polar surface area (TPSA) is 88.1 Å². The SMILES string of the molecule is COc1ccc(OC)c(CN(C(=O)NCc2ccc(C(=O)O)cc2)C2CC2)c1. The van der Waals surface area contributed by atoms with Crippen LogP contribution < -0.4 is 14.8 Å². The van der Waals surface area contributed by atoms with Crippen LogP contribution in [0, 0.1) is 0 Å². The fraction of sp³-hybridized carbons (Fsp3) is 0.333. The Balaban J connectivity index is 1.67. The second-order valence-corrected chi connectivity index (χ2v) is 6.70. The first-order valence-electron chi connectivity index (χ1n) is 9.09. The summed E-state index contributed by atoms with van der Waals surface area (Å²) in [4.78, 5) is 25.5. The van der Waals surface area contributed by atoms with Gasteiger partial charge in [0.25, 0.3) is 0 Å². The number of amides is 2. The first kappa shape index (κ1) is 19.5. The predicted octanol–water partition coefficient (Wildman–Crippen LogP) is 3.28. The summed E-state index contributed by atoms with van der Waals surface area (Å²) in [5.41, 5.74) is 1.95. The number of urea groups is 1. The van der Waals surface area contributed by atoms with E-state index in [4.69, 9.17) is 14.6 Å². The zero-order valence-electron chi connectivity index (χ0n) is 16.0. The van der Waals surface area contributed by atoms with Crippen molar-refractivity contribution in [2.75, 3.05) is 14.2 Å². The van der Waals surface area contributed by atoms with Crippen LogP contribution in [0.5, 0.6) is 11.5 Å². The third-order valence-electron chi connectivity index (χ3n) is 4.72. The molecule has 2 aromatic carbocycles. The van der Waals surface area contributed by atoms with Crippen LogP contribution >= 0.6 is 0 Å². The van der Waals surface area contributed by atoms with Gasteiger partial charge in [-0.25, -0.2) is 9.59 Å². The Morgan fingerprint density at radius 2 is 1.82 bits per heavy atom. The van der Waals surface area contributed by atoms with E-state index < -0.39 is 5.97 Å². The second kappa shape index (κ2) is 8.65. The second-order valence-electron chi connectivity index (χ2n) is 6.70. The fourth-order valence-electron chi connectivity index (χ4n) is 2.99. The maximum atomic E-state index is 12.8. The number of carboxylic acids is 1. The zero-order chi connectivity index (χ0) is 20.1. The van der Waals surface area contributed by atoms with E-state index in [1.165, 1.54) is 12.1 Å². The van der Waals surface area contributed by atoms with Crippen LogP contribution in [0.15, 0.2) is 42.5 Å². The molecule has 0 heterocycles. The minimum Gasteiger partial charge on any atom is -0.497 e. The minimum atomic E-state index is -0.970. The number of methoxy groups -OCH3 is 2. The number of carbonyl (C=O) groups excluding carboxylic acids is 1. The van der Waals surface area contributed by atoms with Gasteiger partial charge < -0.3 is 24.8 Å². The number of nitrogens with one attached hydrogen (secondary N) is 1. The van der Waals surface area contributed by atoms with Gasteiger partial charge in [-0.3, -0.25) is 0 Å². The summed E-state index contributed by atoms with van der Waals surface area (Å²) in [5.74, 6) is 0.455. The number of benzene rings is 2. The van der Waals surface area contributed by atoms with Crippen molar-refractivity contribution in [1.29, 1.82) is 0 Å². The molecule has 1 saturated carbocycles. The van der Waals surface area contributed by atoms with Crippen LogP contribution in [-0.4, -0.2) is 42.3 Å². The Labute approximate surface area is 163 Å². The third kappa shape index (κ3) is 4.73. The van der Waals surface area contributed by atoms with Gasteiger partial charge in [0.05, 0.1) is 26.3 Å². The molecule has 28 heavy (non-hydrogen) atoms. The predicted molar refractivity (Wildman–Crippen MR) is 104 cm³/mol. The summed E-state index contributed by atoms with van der Waals surface area (Å²) in [6.07, 6.45) is 1.96. The molecule has 1 aliphatic rings. The lowest BCUT2D eigenvalue weighted by molar-refractivity contribution is 0.0697. The maximum absolute atomic E-state index is 12.8. The molecule has 0 aliphatic heterocycles. The summed E-state index contributed by atoms with van der Waals surface area (Å²) in [6, 6.07) is 12.1. The van der Waals surface area contributed by atoms with Crippen LogP contribution in [0.1, 0.15) is 34.3 Å². The molecule has 0 spiro atoms. The highest BCUT2D eigenvalue weighted by Crippen LogP contribution is 2.32. The van der Waals surface area contributed by atoms with Gasteiger partial charge in [-0.1, -0.05) is 12.1 Å². The fourth-order valence-corrected chi connectivity index (χ4v) is 2.99. The number of carbonyl (C=O) groups is 2. The molecular formula is C21H24N2O5. The van der Waals surface area contributed by atoms with Gasteiger partial charge in [-0.05, 0) is 48.7 Å². The van der Waals surface area contributed by atoms with Crippen molar-refractivity contribution in [3.63, 3.8) is 0 Å². The molecule has 1 aliphatic carbocycles. The highest BCUT2D eigenvalue weighted by atomic mass is 16.5. The van der Waals surface area contributed by atoms with Crippen molar-refractivity contribution in [1.82, 2.24) is 10.2 Å². The van der Waals surface area contributed by atoms with Crippen molar-refractivity contribution in [3.8, 4) is 11.5 Å². The zero-order valence-corrected chi connectivity index (χ0v) is 16.0.